The van der Waals surface area contributed by atoms with Gasteiger partial charge in [0.05, 0.1) is 23.9 Å². The number of aromatic carboxylic acids is 1. The van der Waals surface area contributed by atoms with Gasteiger partial charge < -0.3 is 9.84 Å². The molecule has 118 valence electrons. The lowest BCUT2D eigenvalue weighted by molar-refractivity contribution is 0.0695. The molecule has 2 rings (SSSR count). The topological polar surface area (TPSA) is 96.1 Å². The number of ether oxygens (including phenoxy) is 1. The second kappa shape index (κ2) is 7.36. The highest BCUT2D eigenvalue weighted by molar-refractivity contribution is 5.88. The minimum absolute atomic E-state index is 0.0974. The quantitative estimate of drug-likeness (QED) is 0.880. The molecular formula is C17H17N3O3. The Labute approximate surface area is 134 Å². The van der Waals surface area contributed by atoms with Crippen molar-refractivity contribution in [3.8, 4) is 23.2 Å². The maximum absolute atomic E-state index is 11.0. The highest BCUT2D eigenvalue weighted by Gasteiger charge is 2.11. The number of nitrogens with zero attached hydrogens (tertiary/aromatic N) is 3. The maximum atomic E-state index is 11.0. The third-order valence-electron chi connectivity index (χ3n) is 3.30. The summed E-state index contributed by atoms with van der Waals surface area (Å²) in [5, 5.41) is 17.6. The van der Waals surface area contributed by atoms with Crippen LogP contribution in [0.5, 0.6) is 5.75 Å². The summed E-state index contributed by atoms with van der Waals surface area (Å²) in [6.45, 7) is 4.08. The minimum Gasteiger partial charge on any atom is -0.493 e. The van der Waals surface area contributed by atoms with Crippen molar-refractivity contribution in [1.29, 1.82) is 5.26 Å². The first-order valence-corrected chi connectivity index (χ1v) is 7.18. The van der Waals surface area contributed by atoms with E-state index in [1.54, 1.807) is 19.1 Å². The van der Waals surface area contributed by atoms with Crippen molar-refractivity contribution in [1.82, 2.24) is 9.97 Å². The van der Waals surface area contributed by atoms with Crippen LogP contribution in [0.25, 0.3) is 11.4 Å². The van der Waals surface area contributed by atoms with Crippen LogP contribution in [-0.2, 0) is 0 Å². The SMILES string of the molecule is Cc1nc(-c2ccc(OCC(C)CC#N)cc2)ncc1C(=O)O. The molecule has 0 aliphatic carbocycles. The molecule has 1 unspecified atom stereocenters. The Hall–Kier alpha value is -2.94. The smallest absolute Gasteiger partial charge is 0.339 e. The van der Waals surface area contributed by atoms with Gasteiger partial charge in [-0.2, -0.15) is 5.26 Å². The lowest BCUT2D eigenvalue weighted by Crippen LogP contribution is -2.07. The largest absolute Gasteiger partial charge is 0.493 e. The third kappa shape index (κ3) is 4.27. The molecule has 0 aliphatic rings. The number of hydrogen-bond donors (Lipinski definition) is 1. The van der Waals surface area contributed by atoms with Crippen molar-refractivity contribution in [3.05, 3.63) is 41.7 Å². The van der Waals surface area contributed by atoms with E-state index in [9.17, 15) is 4.79 Å². The van der Waals surface area contributed by atoms with E-state index in [0.717, 1.165) is 5.56 Å². The summed E-state index contributed by atoms with van der Waals surface area (Å²) < 4.78 is 5.62. The normalized spacial score (nSPS) is 11.5. The number of aromatic nitrogens is 2. The molecule has 0 saturated carbocycles. The van der Waals surface area contributed by atoms with Gasteiger partial charge in [0.1, 0.15) is 5.75 Å². The zero-order valence-corrected chi connectivity index (χ0v) is 13.0. The lowest BCUT2D eigenvalue weighted by atomic mass is 10.1. The number of benzene rings is 1. The lowest BCUT2D eigenvalue weighted by Gasteiger charge is -2.10. The highest BCUT2D eigenvalue weighted by atomic mass is 16.5. The van der Waals surface area contributed by atoms with Gasteiger partial charge in [-0.05, 0) is 31.2 Å². The molecule has 1 aromatic carbocycles. The molecule has 0 radical (unpaired) electrons. The Kier molecular flexibility index (Phi) is 5.26. The van der Waals surface area contributed by atoms with E-state index >= 15 is 0 Å². The molecular weight excluding hydrogens is 294 g/mol. The van der Waals surface area contributed by atoms with Crippen molar-refractivity contribution in [2.45, 2.75) is 20.3 Å². The van der Waals surface area contributed by atoms with Crippen LogP contribution in [0, 0.1) is 24.2 Å². The summed E-state index contributed by atoms with van der Waals surface area (Å²) in [6, 6.07) is 9.36. The molecule has 6 nitrogen and oxygen atoms in total. The molecule has 0 bridgehead atoms. The Morgan fingerprint density at radius 3 is 2.65 bits per heavy atom. The zero-order valence-electron chi connectivity index (χ0n) is 13.0. The van der Waals surface area contributed by atoms with E-state index < -0.39 is 5.97 Å². The Bertz CT molecular complexity index is 736. The van der Waals surface area contributed by atoms with Gasteiger partial charge in [0.15, 0.2) is 5.82 Å². The molecule has 1 N–H and O–H groups in total. The first kappa shape index (κ1) is 16.4. The molecule has 2 aromatic rings. The van der Waals surface area contributed by atoms with E-state index in [-0.39, 0.29) is 11.5 Å². The third-order valence-corrected chi connectivity index (χ3v) is 3.30. The van der Waals surface area contributed by atoms with Crippen LogP contribution in [0.2, 0.25) is 0 Å². The van der Waals surface area contributed by atoms with Gasteiger partial charge in [-0.25, -0.2) is 14.8 Å². The van der Waals surface area contributed by atoms with Crippen molar-refractivity contribution in [2.24, 2.45) is 5.92 Å². The molecule has 0 fully saturated rings. The Morgan fingerprint density at radius 1 is 1.39 bits per heavy atom. The van der Waals surface area contributed by atoms with Crippen molar-refractivity contribution in [2.75, 3.05) is 6.61 Å². The highest BCUT2D eigenvalue weighted by Crippen LogP contribution is 2.21. The average Bonchev–Trinajstić information content (AvgIpc) is 2.53. The number of carboxylic acid groups (broad SMARTS) is 1. The van der Waals surface area contributed by atoms with Crippen LogP contribution in [-0.4, -0.2) is 27.7 Å². The van der Waals surface area contributed by atoms with Crippen LogP contribution in [0.4, 0.5) is 0 Å². The summed E-state index contributed by atoms with van der Waals surface area (Å²) in [6.07, 6.45) is 1.77. The Balaban J connectivity index is 2.09. The summed E-state index contributed by atoms with van der Waals surface area (Å²) in [5.41, 5.74) is 1.30. The number of carbonyl (C=O) groups is 1. The monoisotopic (exact) mass is 311 g/mol. The van der Waals surface area contributed by atoms with Gasteiger partial charge >= 0.3 is 5.97 Å². The number of aryl methyl sites for hydroxylation is 1. The number of hydrogen-bond acceptors (Lipinski definition) is 5. The van der Waals surface area contributed by atoms with Crippen LogP contribution in [0.1, 0.15) is 29.4 Å². The van der Waals surface area contributed by atoms with Gasteiger partial charge in [-0.3, -0.25) is 0 Å². The first-order valence-electron chi connectivity index (χ1n) is 7.18. The van der Waals surface area contributed by atoms with Gasteiger partial charge in [-0.15, -0.1) is 0 Å². The molecule has 1 heterocycles. The fourth-order valence-corrected chi connectivity index (χ4v) is 1.97. The molecule has 1 atom stereocenters. The van der Waals surface area contributed by atoms with Crippen LogP contribution in [0.3, 0.4) is 0 Å². The molecule has 0 amide bonds. The molecule has 6 heteroatoms. The molecule has 23 heavy (non-hydrogen) atoms. The number of nitriles is 1. The van der Waals surface area contributed by atoms with E-state index in [1.807, 2.05) is 19.1 Å². The van der Waals surface area contributed by atoms with Gasteiger partial charge in [-0.1, -0.05) is 6.92 Å². The van der Waals surface area contributed by atoms with Crippen LogP contribution in [0.15, 0.2) is 30.5 Å². The zero-order chi connectivity index (χ0) is 16.8. The van der Waals surface area contributed by atoms with Gasteiger partial charge in [0.2, 0.25) is 0 Å². The standard InChI is InChI=1S/C17H17N3O3/c1-11(7-8-18)10-23-14-5-3-13(4-6-14)16-19-9-15(17(21)22)12(2)20-16/h3-6,9,11H,7,10H2,1-2H3,(H,21,22). The average molecular weight is 311 g/mol. The maximum Gasteiger partial charge on any atom is 0.339 e. The summed E-state index contributed by atoms with van der Waals surface area (Å²) >= 11 is 0. The van der Waals surface area contributed by atoms with Crippen molar-refractivity contribution >= 4 is 5.97 Å². The van der Waals surface area contributed by atoms with Crippen molar-refractivity contribution < 1.29 is 14.6 Å². The van der Waals surface area contributed by atoms with E-state index in [4.69, 9.17) is 15.1 Å². The van der Waals surface area contributed by atoms with Crippen molar-refractivity contribution in [3.63, 3.8) is 0 Å². The molecule has 0 spiro atoms. The second-order valence-corrected chi connectivity index (χ2v) is 5.30. The second-order valence-electron chi connectivity index (χ2n) is 5.30. The van der Waals surface area contributed by atoms with E-state index in [0.29, 0.717) is 30.3 Å². The van der Waals surface area contributed by atoms with Crippen LogP contribution >= 0.6 is 0 Å². The summed E-state index contributed by atoms with van der Waals surface area (Å²) in [5.74, 6) is 0.313. The van der Waals surface area contributed by atoms with E-state index in [2.05, 4.69) is 16.0 Å². The fourth-order valence-electron chi connectivity index (χ4n) is 1.97. The Morgan fingerprint density at radius 2 is 2.09 bits per heavy atom. The number of rotatable bonds is 6. The fraction of sp³-hybridized carbons (Fsp3) is 0.294. The van der Waals surface area contributed by atoms with Gasteiger partial charge in [0, 0.05) is 24.1 Å². The summed E-state index contributed by atoms with van der Waals surface area (Å²) in [7, 11) is 0. The molecule has 0 aliphatic heterocycles. The van der Waals surface area contributed by atoms with Gasteiger partial charge in [0.25, 0.3) is 0 Å². The predicted molar refractivity (Wildman–Crippen MR) is 84.1 cm³/mol. The number of carboxylic acids is 1. The molecule has 1 aromatic heterocycles. The van der Waals surface area contributed by atoms with E-state index in [1.165, 1.54) is 6.20 Å². The summed E-state index contributed by atoms with van der Waals surface area (Å²) in [4.78, 5) is 19.3. The minimum atomic E-state index is -1.04. The first-order chi connectivity index (χ1) is 11.0. The van der Waals surface area contributed by atoms with Crippen LogP contribution < -0.4 is 4.74 Å². The molecule has 0 saturated heterocycles. The predicted octanol–water partition coefficient (Wildman–Crippen LogP) is 3.08.